The van der Waals surface area contributed by atoms with Crippen LogP contribution in [-0.4, -0.2) is 14.2 Å². The molecule has 2 rings (SSSR count). The molecule has 3 heteroatoms. The van der Waals surface area contributed by atoms with Crippen LogP contribution in [0.1, 0.15) is 31.0 Å². The number of nitrogens with one attached hydrogen (secondary N) is 1. The summed E-state index contributed by atoms with van der Waals surface area (Å²) in [6.45, 7) is 4.30. The van der Waals surface area contributed by atoms with E-state index in [4.69, 9.17) is 9.47 Å². The molecule has 0 radical (unpaired) electrons. The maximum absolute atomic E-state index is 5.40. The van der Waals surface area contributed by atoms with Gasteiger partial charge in [-0.05, 0) is 36.6 Å². The largest absolute Gasteiger partial charge is 0.497 e. The minimum Gasteiger partial charge on any atom is -0.497 e. The molecule has 112 valence electrons. The Balaban J connectivity index is 2.19. The van der Waals surface area contributed by atoms with Crippen LogP contribution >= 0.6 is 0 Å². The molecule has 21 heavy (non-hydrogen) atoms. The predicted octanol–water partition coefficient (Wildman–Crippen LogP) is 4.44. The van der Waals surface area contributed by atoms with Crippen LogP contribution in [0.15, 0.2) is 42.5 Å². The Morgan fingerprint density at radius 1 is 1.00 bits per heavy atom. The number of methoxy groups -OCH3 is 2. The second-order valence-electron chi connectivity index (χ2n) is 5.03. The number of hydrogen-bond donors (Lipinski definition) is 1. The predicted molar refractivity (Wildman–Crippen MR) is 87.4 cm³/mol. The second kappa shape index (κ2) is 7.02. The molecule has 2 aromatic rings. The first-order valence-electron chi connectivity index (χ1n) is 7.25. The first-order chi connectivity index (χ1) is 10.2. The van der Waals surface area contributed by atoms with E-state index in [1.54, 1.807) is 14.2 Å². The normalized spacial score (nSPS) is 11.8. The third-order valence-corrected chi connectivity index (χ3v) is 3.67. The highest BCUT2D eigenvalue weighted by molar-refractivity contribution is 5.60. The zero-order valence-corrected chi connectivity index (χ0v) is 13.1. The van der Waals surface area contributed by atoms with E-state index in [1.807, 2.05) is 18.2 Å². The maximum atomic E-state index is 5.40. The van der Waals surface area contributed by atoms with E-state index < -0.39 is 0 Å². The second-order valence-corrected chi connectivity index (χ2v) is 5.03. The molecule has 0 bridgehead atoms. The van der Waals surface area contributed by atoms with Crippen molar-refractivity contribution in [2.24, 2.45) is 0 Å². The Kier molecular flexibility index (Phi) is 5.09. The van der Waals surface area contributed by atoms with Crippen LogP contribution in [-0.2, 0) is 6.42 Å². The van der Waals surface area contributed by atoms with Gasteiger partial charge in [-0.2, -0.15) is 0 Å². The fourth-order valence-corrected chi connectivity index (χ4v) is 2.29. The molecule has 0 fully saturated rings. The molecule has 0 heterocycles. The molecule has 0 aromatic heterocycles. The Bertz CT molecular complexity index is 578. The third kappa shape index (κ3) is 3.69. The quantitative estimate of drug-likeness (QED) is 0.851. The first-order valence-corrected chi connectivity index (χ1v) is 7.25. The number of ether oxygens (including phenoxy) is 2. The Morgan fingerprint density at radius 2 is 1.71 bits per heavy atom. The summed E-state index contributed by atoms with van der Waals surface area (Å²) in [7, 11) is 3.34. The minimum atomic E-state index is 0.192. The maximum Gasteiger partial charge on any atom is 0.142 e. The number of hydrogen-bond acceptors (Lipinski definition) is 3. The molecular formula is C18H23NO2. The Morgan fingerprint density at radius 3 is 2.29 bits per heavy atom. The van der Waals surface area contributed by atoms with E-state index >= 15 is 0 Å². The third-order valence-electron chi connectivity index (χ3n) is 3.67. The number of rotatable bonds is 6. The molecular weight excluding hydrogens is 262 g/mol. The topological polar surface area (TPSA) is 30.5 Å². The van der Waals surface area contributed by atoms with Gasteiger partial charge in [0.05, 0.1) is 19.9 Å². The molecule has 1 N–H and O–H groups in total. The zero-order chi connectivity index (χ0) is 15.2. The van der Waals surface area contributed by atoms with E-state index in [1.165, 1.54) is 11.1 Å². The van der Waals surface area contributed by atoms with Gasteiger partial charge in [-0.25, -0.2) is 0 Å². The van der Waals surface area contributed by atoms with Crippen LogP contribution in [0.2, 0.25) is 0 Å². The smallest absolute Gasteiger partial charge is 0.142 e. The van der Waals surface area contributed by atoms with Crippen molar-refractivity contribution in [2.45, 2.75) is 26.3 Å². The molecule has 0 amide bonds. The summed E-state index contributed by atoms with van der Waals surface area (Å²) in [5, 5.41) is 3.48. The van der Waals surface area contributed by atoms with Crippen molar-refractivity contribution in [1.29, 1.82) is 0 Å². The van der Waals surface area contributed by atoms with Gasteiger partial charge in [0.2, 0.25) is 0 Å². The van der Waals surface area contributed by atoms with Gasteiger partial charge >= 0.3 is 0 Å². The number of anilines is 1. The monoisotopic (exact) mass is 285 g/mol. The van der Waals surface area contributed by atoms with Crippen molar-refractivity contribution in [3.8, 4) is 11.5 Å². The molecule has 0 aliphatic heterocycles. The van der Waals surface area contributed by atoms with Gasteiger partial charge in [0, 0.05) is 12.1 Å². The molecule has 0 spiro atoms. The van der Waals surface area contributed by atoms with E-state index in [2.05, 4.69) is 43.4 Å². The highest BCUT2D eigenvalue weighted by atomic mass is 16.5. The number of benzene rings is 2. The highest BCUT2D eigenvalue weighted by Gasteiger charge is 2.10. The average Bonchev–Trinajstić information content (AvgIpc) is 2.54. The minimum absolute atomic E-state index is 0.192. The van der Waals surface area contributed by atoms with E-state index in [0.717, 1.165) is 23.6 Å². The van der Waals surface area contributed by atoms with Crippen molar-refractivity contribution in [1.82, 2.24) is 0 Å². The van der Waals surface area contributed by atoms with Gasteiger partial charge in [-0.1, -0.05) is 31.2 Å². The van der Waals surface area contributed by atoms with E-state index in [9.17, 15) is 0 Å². The SMILES string of the molecule is CCc1ccc(C(C)Nc2cc(OC)ccc2OC)cc1. The molecule has 0 saturated carbocycles. The molecule has 2 aromatic carbocycles. The molecule has 1 atom stereocenters. The van der Waals surface area contributed by atoms with Gasteiger partial charge in [0.25, 0.3) is 0 Å². The Hall–Kier alpha value is -2.16. The van der Waals surface area contributed by atoms with Gasteiger partial charge < -0.3 is 14.8 Å². The van der Waals surface area contributed by atoms with Crippen LogP contribution in [0, 0.1) is 0 Å². The summed E-state index contributed by atoms with van der Waals surface area (Å²) in [6.07, 6.45) is 1.06. The lowest BCUT2D eigenvalue weighted by Gasteiger charge is -2.19. The summed E-state index contributed by atoms with van der Waals surface area (Å²) < 4.78 is 10.7. The van der Waals surface area contributed by atoms with E-state index in [0.29, 0.717) is 0 Å². The van der Waals surface area contributed by atoms with Crippen LogP contribution in [0.4, 0.5) is 5.69 Å². The standard InChI is InChI=1S/C18H23NO2/c1-5-14-6-8-15(9-7-14)13(2)19-17-12-16(20-3)10-11-18(17)21-4/h6-13,19H,5H2,1-4H3. The summed E-state index contributed by atoms with van der Waals surface area (Å²) in [4.78, 5) is 0. The summed E-state index contributed by atoms with van der Waals surface area (Å²) in [5.74, 6) is 1.62. The fourth-order valence-electron chi connectivity index (χ4n) is 2.29. The van der Waals surface area contributed by atoms with E-state index in [-0.39, 0.29) is 6.04 Å². The zero-order valence-electron chi connectivity index (χ0n) is 13.1. The fraction of sp³-hybridized carbons (Fsp3) is 0.333. The molecule has 0 aliphatic carbocycles. The first kappa shape index (κ1) is 15.2. The lowest BCUT2D eigenvalue weighted by atomic mass is 10.0. The lowest BCUT2D eigenvalue weighted by molar-refractivity contribution is 0.404. The van der Waals surface area contributed by atoms with Gasteiger partial charge in [0.15, 0.2) is 0 Å². The van der Waals surface area contributed by atoms with Crippen molar-refractivity contribution >= 4 is 5.69 Å². The lowest BCUT2D eigenvalue weighted by Crippen LogP contribution is -2.08. The van der Waals surface area contributed by atoms with Crippen molar-refractivity contribution in [2.75, 3.05) is 19.5 Å². The van der Waals surface area contributed by atoms with Crippen molar-refractivity contribution < 1.29 is 9.47 Å². The average molecular weight is 285 g/mol. The van der Waals surface area contributed by atoms with Crippen LogP contribution < -0.4 is 14.8 Å². The summed E-state index contributed by atoms with van der Waals surface area (Å²) in [6, 6.07) is 14.6. The van der Waals surface area contributed by atoms with Gasteiger partial charge in [-0.15, -0.1) is 0 Å². The molecule has 0 aliphatic rings. The van der Waals surface area contributed by atoms with Gasteiger partial charge in [-0.3, -0.25) is 0 Å². The summed E-state index contributed by atoms with van der Waals surface area (Å²) >= 11 is 0. The Labute approximate surface area is 126 Å². The van der Waals surface area contributed by atoms with Crippen molar-refractivity contribution in [3.05, 3.63) is 53.6 Å². The van der Waals surface area contributed by atoms with Crippen molar-refractivity contribution in [3.63, 3.8) is 0 Å². The number of aryl methyl sites for hydroxylation is 1. The highest BCUT2D eigenvalue weighted by Crippen LogP contribution is 2.31. The summed E-state index contributed by atoms with van der Waals surface area (Å²) in [5.41, 5.74) is 3.53. The molecule has 3 nitrogen and oxygen atoms in total. The molecule has 1 unspecified atom stereocenters. The molecule has 0 saturated heterocycles. The van der Waals surface area contributed by atoms with Crippen LogP contribution in [0.3, 0.4) is 0 Å². The van der Waals surface area contributed by atoms with Crippen LogP contribution in [0.25, 0.3) is 0 Å². The van der Waals surface area contributed by atoms with Gasteiger partial charge in [0.1, 0.15) is 11.5 Å². The van der Waals surface area contributed by atoms with Crippen LogP contribution in [0.5, 0.6) is 11.5 Å².